The topological polar surface area (TPSA) is 55.8 Å². The lowest BCUT2D eigenvalue weighted by atomic mass is 9.91. The van der Waals surface area contributed by atoms with E-state index in [1.54, 1.807) is 0 Å². The molecule has 1 saturated heterocycles. The lowest BCUT2D eigenvalue weighted by molar-refractivity contribution is -0.129. The van der Waals surface area contributed by atoms with E-state index in [1.165, 1.54) is 0 Å². The van der Waals surface area contributed by atoms with Crippen molar-refractivity contribution in [3.05, 3.63) is 0 Å². The minimum atomic E-state index is -0.695. The average molecular weight is 285 g/mol. The van der Waals surface area contributed by atoms with Gasteiger partial charge in [-0.3, -0.25) is 9.69 Å². The number of nitrogens with one attached hydrogen (secondary N) is 1. The summed E-state index contributed by atoms with van der Waals surface area (Å²) in [7, 11) is 3.94. The molecule has 1 rings (SSSR count). The van der Waals surface area contributed by atoms with Gasteiger partial charge in [0.15, 0.2) is 0 Å². The van der Waals surface area contributed by atoms with Gasteiger partial charge in [-0.1, -0.05) is 13.3 Å². The first-order valence-electron chi connectivity index (χ1n) is 7.77. The third-order valence-electron chi connectivity index (χ3n) is 3.95. The smallest absolute Gasteiger partial charge is 0.237 e. The van der Waals surface area contributed by atoms with Gasteiger partial charge in [-0.25, -0.2) is 0 Å². The largest absolute Gasteiger partial charge is 0.387 e. The molecule has 5 nitrogen and oxygen atoms in total. The minimum absolute atomic E-state index is 0.0764. The Kier molecular flexibility index (Phi) is 6.92. The lowest BCUT2D eigenvalue weighted by Crippen LogP contribution is -2.57. The predicted molar refractivity (Wildman–Crippen MR) is 81.7 cm³/mol. The second-order valence-electron chi connectivity index (χ2n) is 6.36. The van der Waals surface area contributed by atoms with E-state index in [0.717, 1.165) is 38.8 Å². The van der Waals surface area contributed by atoms with E-state index >= 15 is 0 Å². The minimum Gasteiger partial charge on any atom is -0.387 e. The van der Waals surface area contributed by atoms with E-state index in [9.17, 15) is 9.90 Å². The van der Waals surface area contributed by atoms with Crippen LogP contribution in [0.3, 0.4) is 0 Å². The molecular formula is C15H31N3O2. The van der Waals surface area contributed by atoms with Crippen molar-refractivity contribution in [1.29, 1.82) is 0 Å². The van der Waals surface area contributed by atoms with E-state index in [1.807, 2.05) is 25.9 Å². The highest BCUT2D eigenvalue weighted by Gasteiger charge is 2.36. The summed E-state index contributed by atoms with van der Waals surface area (Å²) in [5.74, 6) is 0.0764. The third-order valence-corrected chi connectivity index (χ3v) is 3.95. The predicted octanol–water partition coefficient (Wildman–Crippen LogP) is 0.680. The molecule has 1 amide bonds. The number of nitrogens with zero attached hydrogens (tertiary/aromatic N) is 2. The second kappa shape index (κ2) is 7.96. The maximum Gasteiger partial charge on any atom is 0.237 e. The zero-order chi connectivity index (χ0) is 15.2. The highest BCUT2D eigenvalue weighted by atomic mass is 16.3. The molecule has 118 valence electrons. The van der Waals surface area contributed by atoms with Crippen LogP contribution in [0.5, 0.6) is 0 Å². The van der Waals surface area contributed by atoms with Crippen molar-refractivity contribution in [3.8, 4) is 0 Å². The zero-order valence-corrected chi connectivity index (χ0v) is 13.5. The maximum absolute atomic E-state index is 12.1. The molecule has 0 radical (unpaired) electrons. The number of unbranched alkanes of at least 4 members (excludes halogenated alkanes) is 1. The van der Waals surface area contributed by atoms with Gasteiger partial charge in [0.05, 0.1) is 11.6 Å². The van der Waals surface area contributed by atoms with E-state index in [-0.39, 0.29) is 11.9 Å². The van der Waals surface area contributed by atoms with Crippen LogP contribution >= 0.6 is 0 Å². The summed E-state index contributed by atoms with van der Waals surface area (Å²) in [5.41, 5.74) is -0.695. The number of amides is 1. The number of hydrogen-bond acceptors (Lipinski definition) is 4. The maximum atomic E-state index is 12.1. The highest BCUT2D eigenvalue weighted by molar-refractivity contribution is 5.81. The Hall–Kier alpha value is -0.650. The Morgan fingerprint density at radius 2 is 2.20 bits per heavy atom. The quantitative estimate of drug-likeness (QED) is 0.676. The molecule has 1 fully saturated rings. The van der Waals surface area contributed by atoms with Gasteiger partial charge in [0.25, 0.3) is 0 Å². The van der Waals surface area contributed by atoms with Gasteiger partial charge in [-0.2, -0.15) is 0 Å². The molecule has 0 aliphatic carbocycles. The first-order valence-corrected chi connectivity index (χ1v) is 7.77. The van der Waals surface area contributed by atoms with Crippen LogP contribution in [0.1, 0.15) is 39.5 Å². The molecular weight excluding hydrogens is 254 g/mol. The average Bonchev–Trinajstić information content (AvgIpc) is 2.36. The van der Waals surface area contributed by atoms with Crippen LogP contribution < -0.4 is 5.32 Å². The standard InChI is InChI=1S/C15H31N3O2/c1-5-6-9-16-14(19)13(2)18-10-7-8-15(20,12-18)11-17(3)4/h13,20H,5-12H2,1-4H3,(H,16,19)/t13-,15+/m0/s1. The fourth-order valence-corrected chi connectivity index (χ4v) is 2.90. The number of hydrogen-bond donors (Lipinski definition) is 2. The molecule has 0 aromatic rings. The summed E-state index contributed by atoms with van der Waals surface area (Å²) in [5, 5.41) is 13.6. The Bertz CT molecular complexity index is 309. The Balaban J connectivity index is 2.51. The van der Waals surface area contributed by atoms with Crippen molar-refractivity contribution in [2.75, 3.05) is 40.3 Å². The first-order chi connectivity index (χ1) is 9.38. The molecule has 0 aromatic carbocycles. The molecule has 5 heteroatoms. The van der Waals surface area contributed by atoms with Crippen molar-refractivity contribution in [2.45, 2.75) is 51.2 Å². The normalized spacial score (nSPS) is 25.7. The van der Waals surface area contributed by atoms with Gasteiger partial charge in [0.2, 0.25) is 5.91 Å². The van der Waals surface area contributed by atoms with E-state index in [4.69, 9.17) is 0 Å². The fourth-order valence-electron chi connectivity index (χ4n) is 2.90. The summed E-state index contributed by atoms with van der Waals surface area (Å²) >= 11 is 0. The van der Waals surface area contributed by atoms with Crippen LogP contribution in [0.2, 0.25) is 0 Å². The Morgan fingerprint density at radius 1 is 1.50 bits per heavy atom. The highest BCUT2D eigenvalue weighted by Crippen LogP contribution is 2.23. The van der Waals surface area contributed by atoms with Crippen LogP contribution in [0.15, 0.2) is 0 Å². The molecule has 2 N–H and O–H groups in total. The zero-order valence-electron chi connectivity index (χ0n) is 13.5. The fraction of sp³-hybridized carbons (Fsp3) is 0.933. The van der Waals surface area contributed by atoms with Gasteiger partial charge >= 0.3 is 0 Å². The van der Waals surface area contributed by atoms with Gasteiger partial charge in [-0.05, 0) is 46.8 Å². The van der Waals surface area contributed by atoms with Gasteiger partial charge in [-0.15, -0.1) is 0 Å². The Morgan fingerprint density at radius 3 is 2.80 bits per heavy atom. The number of likely N-dealkylation sites (tertiary alicyclic amines) is 1. The molecule has 0 saturated carbocycles. The lowest BCUT2D eigenvalue weighted by Gasteiger charge is -2.42. The SMILES string of the molecule is CCCCNC(=O)[C@H](C)N1CCC[C@@](O)(CN(C)C)C1. The molecule has 0 spiro atoms. The number of piperidine rings is 1. The number of carbonyl (C=O) groups is 1. The van der Waals surface area contributed by atoms with Gasteiger partial charge < -0.3 is 15.3 Å². The molecule has 1 heterocycles. The van der Waals surface area contributed by atoms with Gasteiger partial charge in [0, 0.05) is 19.6 Å². The summed E-state index contributed by atoms with van der Waals surface area (Å²) in [6.45, 7) is 6.90. The summed E-state index contributed by atoms with van der Waals surface area (Å²) < 4.78 is 0. The van der Waals surface area contributed by atoms with Crippen LogP contribution in [-0.2, 0) is 4.79 Å². The van der Waals surface area contributed by atoms with E-state index in [0.29, 0.717) is 13.1 Å². The molecule has 20 heavy (non-hydrogen) atoms. The number of β-amino-alcohol motifs (C(OH)–C–C–N with tert-alkyl or cyclic N) is 1. The van der Waals surface area contributed by atoms with Crippen LogP contribution in [0.25, 0.3) is 0 Å². The molecule has 1 aliphatic heterocycles. The molecule has 0 unspecified atom stereocenters. The first kappa shape index (κ1) is 17.4. The summed E-state index contributed by atoms with van der Waals surface area (Å²) in [6, 6.07) is -0.166. The monoisotopic (exact) mass is 285 g/mol. The number of rotatable bonds is 7. The number of likely N-dealkylation sites (N-methyl/N-ethyl adjacent to an activating group) is 1. The van der Waals surface area contributed by atoms with Crippen molar-refractivity contribution >= 4 is 5.91 Å². The second-order valence-corrected chi connectivity index (χ2v) is 6.36. The van der Waals surface area contributed by atoms with Crippen molar-refractivity contribution in [2.24, 2.45) is 0 Å². The van der Waals surface area contributed by atoms with E-state index in [2.05, 4.69) is 17.1 Å². The summed E-state index contributed by atoms with van der Waals surface area (Å²) in [6.07, 6.45) is 3.85. The van der Waals surface area contributed by atoms with Crippen LogP contribution in [-0.4, -0.2) is 72.7 Å². The summed E-state index contributed by atoms with van der Waals surface area (Å²) in [4.78, 5) is 16.2. The Labute approximate surface area is 123 Å². The third kappa shape index (κ3) is 5.38. The van der Waals surface area contributed by atoms with Crippen molar-refractivity contribution in [3.63, 3.8) is 0 Å². The number of carbonyl (C=O) groups excluding carboxylic acids is 1. The molecule has 1 aliphatic rings. The van der Waals surface area contributed by atoms with E-state index < -0.39 is 5.60 Å². The van der Waals surface area contributed by atoms with Gasteiger partial charge in [0.1, 0.15) is 0 Å². The molecule has 0 aromatic heterocycles. The number of aliphatic hydroxyl groups is 1. The molecule has 0 bridgehead atoms. The van der Waals surface area contributed by atoms with Crippen LogP contribution in [0.4, 0.5) is 0 Å². The molecule has 2 atom stereocenters. The van der Waals surface area contributed by atoms with Crippen molar-refractivity contribution in [1.82, 2.24) is 15.1 Å². The van der Waals surface area contributed by atoms with Crippen molar-refractivity contribution < 1.29 is 9.90 Å². The van der Waals surface area contributed by atoms with Crippen LogP contribution in [0, 0.1) is 0 Å².